The van der Waals surface area contributed by atoms with Gasteiger partial charge in [0, 0.05) is 6.54 Å². The maximum absolute atomic E-state index is 12.7. The zero-order valence-corrected chi connectivity index (χ0v) is 41.0. The Morgan fingerprint density at radius 3 is 2.09 bits per heavy atom. The van der Waals surface area contributed by atoms with Gasteiger partial charge in [0.05, 0.1) is 54.7 Å². The number of nitrogens with one attached hydrogen (secondary N) is 4. The fourth-order valence-corrected chi connectivity index (χ4v) is 10.3. The smallest absolute Gasteiger partial charge is 0.292 e. The van der Waals surface area contributed by atoms with Gasteiger partial charge < -0.3 is 40.1 Å². The highest BCUT2D eigenvalue weighted by atomic mass is 16.5. The molecule has 3 fully saturated rings. The lowest BCUT2D eigenvalue weighted by molar-refractivity contribution is -0.131. The van der Waals surface area contributed by atoms with Crippen LogP contribution < -0.4 is 10.6 Å². The summed E-state index contributed by atoms with van der Waals surface area (Å²) in [6, 6.07) is 21.1. The Morgan fingerprint density at radius 1 is 0.881 bits per heavy atom. The van der Waals surface area contributed by atoms with E-state index < -0.39 is 0 Å². The number of nitrogens with zero attached hydrogens (tertiary/aromatic N) is 4. The van der Waals surface area contributed by atoms with E-state index in [4.69, 9.17) is 24.7 Å². The quantitative estimate of drug-likeness (QED) is 0.0797. The SMILES string of the molecule is CCC.CNC(C=O)C(C)C.CNCC(=O)N1CCC[C@H]1c1ncc(-c2ccc(-c3ccc(-c4ccc5nc(C6CCCN6C)[nH]c5c4)c4c3CCC43CCCC3)cc2)[nH]1.COC=O.O=CO. The number of likely N-dealkylation sites (N-methyl/N-ethyl adjacent to an activating group) is 2. The summed E-state index contributed by atoms with van der Waals surface area (Å²) in [5, 5.41) is 12.8. The molecule has 9 rings (SSSR count). The van der Waals surface area contributed by atoms with E-state index in [-0.39, 0.29) is 29.9 Å². The van der Waals surface area contributed by atoms with Crippen molar-refractivity contribution in [2.24, 2.45) is 5.92 Å². The number of benzene rings is 3. The topological polar surface area (TPSA) is 186 Å². The molecule has 2 unspecified atom stereocenters. The molecule has 4 heterocycles. The first-order chi connectivity index (χ1) is 32.5. The van der Waals surface area contributed by atoms with Crippen LogP contribution in [0.1, 0.15) is 127 Å². The first-order valence-electron chi connectivity index (χ1n) is 24.1. The van der Waals surface area contributed by atoms with Crippen LogP contribution in [0.5, 0.6) is 0 Å². The summed E-state index contributed by atoms with van der Waals surface area (Å²) in [6.07, 6.45) is 16.1. The molecule has 67 heavy (non-hydrogen) atoms. The van der Waals surface area contributed by atoms with Crippen molar-refractivity contribution in [2.45, 2.75) is 122 Å². The van der Waals surface area contributed by atoms with E-state index in [0.29, 0.717) is 25.0 Å². The Bertz CT molecular complexity index is 2350. The average molecular weight is 919 g/mol. The Balaban J connectivity index is 0.000000402. The second-order valence-electron chi connectivity index (χ2n) is 18.4. The molecule has 362 valence electrons. The minimum atomic E-state index is -0.250. The van der Waals surface area contributed by atoms with Gasteiger partial charge in [0.1, 0.15) is 17.9 Å². The lowest BCUT2D eigenvalue weighted by atomic mass is 9.76. The number of hydrogen-bond acceptors (Lipinski definition) is 10. The number of imidazole rings is 2. The van der Waals surface area contributed by atoms with E-state index in [1.807, 2.05) is 32.0 Å². The molecule has 2 saturated heterocycles. The zero-order chi connectivity index (χ0) is 48.5. The third-order valence-corrected chi connectivity index (χ3v) is 13.5. The first kappa shape index (κ1) is 52.3. The van der Waals surface area contributed by atoms with Gasteiger partial charge in [0.15, 0.2) is 0 Å². The van der Waals surface area contributed by atoms with Crippen molar-refractivity contribution in [1.29, 1.82) is 0 Å². The van der Waals surface area contributed by atoms with Crippen LogP contribution in [0.25, 0.3) is 44.5 Å². The number of amides is 1. The minimum Gasteiger partial charge on any atom is -0.483 e. The van der Waals surface area contributed by atoms with E-state index in [0.717, 1.165) is 72.6 Å². The number of carboxylic acid groups (broad SMARTS) is 1. The van der Waals surface area contributed by atoms with Gasteiger partial charge in [-0.25, -0.2) is 9.97 Å². The van der Waals surface area contributed by atoms with Crippen molar-refractivity contribution in [3.8, 4) is 33.5 Å². The van der Waals surface area contributed by atoms with E-state index in [9.17, 15) is 9.59 Å². The molecule has 14 nitrogen and oxygen atoms in total. The van der Waals surface area contributed by atoms with Crippen LogP contribution in [0.15, 0.2) is 60.8 Å². The van der Waals surface area contributed by atoms with E-state index in [1.54, 1.807) is 18.2 Å². The van der Waals surface area contributed by atoms with Crippen molar-refractivity contribution in [2.75, 3.05) is 47.9 Å². The van der Waals surface area contributed by atoms with Gasteiger partial charge in [0.2, 0.25) is 5.91 Å². The number of fused-ring (bicyclic) bond motifs is 3. The third kappa shape index (κ3) is 12.5. The molecule has 4 aliphatic rings. The molecule has 0 radical (unpaired) electrons. The van der Waals surface area contributed by atoms with Crippen LogP contribution in [-0.2, 0) is 35.8 Å². The fourth-order valence-electron chi connectivity index (χ4n) is 10.3. The Hall–Kier alpha value is -5.70. The molecule has 1 spiro atoms. The lowest BCUT2D eigenvalue weighted by Gasteiger charge is -2.28. The van der Waals surface area contributed by atoms with E-state index in [2.05, 4.69) is 106 Å². The number of H-pyrrole nitrogens is 2. The van der Waals surface area contributed by atoms with Gasteiger partial charge in [-0.1, -0.05) is 89.4 Å². The third-order valence-electron chi connectivity index (χ3n) is 13.5. The van der Waals surface area contributed by atoms with Crippen molar-refractivity contribution in [3.05, 3.63) is 83.6 Å². The van der Waals surface area contributed by atoms with Crippen LogP contribution in [-0.4, -0.2) is 114 Å². The molecule has 14 heteroatoms. The van der Waals surface area contributed by atoms with Gasteiger partial charge in [-0.05, 0) is 141 Å². The number of hydrogen-bond donors (Lipinski definition) is 5. The second kappa shape index (κ2) is 25.4. The highest BCUT2D eigenvalue weighted by molar-refractivity contribution is 5.86. The van der Waals surface area contributed by atoms with Crippen molar-refractivity contribution >= 4 is 36.2 Å². The van der Waals surface area contributed by atoms with Crippen LogP contribution in [0.4, 0.5) is 0 Å². The summed E-state index contributed by atoms with van der Waals surface area (Å²) < 4.78 is 3.86. The number of likely N-dealkylation sites (tertiary alicyclic amines) is 2. The lowest BCUT2D eigenvalue weighted by Crippen LogP contribution is -2.37. The average Bonchev–Trinajstić information content (AvgIpc) is 4.21. The molecule has 1 amide bonds. The molecule has 5 N–H and O–H groups in total. The molecule has 1 saturated carbocycles. The monoisotopic (exact) mass is 919 g/mol. The molecular weight excluding hydrogens is 845 g/mol. The van der Waals surface area contributed by atoms with E-state index >= 15 is 0 Å². The van der Waals surface area contributed by atoms with Gasteiger partial charge in [-0.2, -0.15) is 0 Å². The van der Waals surface area contributed by atoms with Gasteiger partial charge in [0.25, 0.3) is 12.9 Å². The molecule has 2 aromatic heterocycles. The number of rotatable bonds is 11. The van der Waals surface area contributed by atoms with Gasteiger partial charge in [-0.3, -0.25) is 19.3 Å². The molecular formula is C53H74N8O6. The summed E-state index contributed by atoms with van der Waals surface area (Å²) in [5.74, 6) is 2.52. The summed E-state index contributed by atoms with van der Waals surface area (Å²) >= 11 is 0. The standard InChI is InChI=1S/C41H47N7O.C6H13NO.C3H8.C2H4O2.CH2O2/c1-42-25-37(49)48-22-6-8-36(48)39-43-24-34(46-39)27-11-9-26(10-12-27)29-14-15-30(38-31(29)17-20-41(38)18-3-4-19-41)28-13-16-32-33(23-28)45-40(44-32)35-7-5-21-47(35)2;1-5(2)6(4-8)7-3;1-3-2;1-4-2-3;2-1-3/h9-16,23-24,35-36,42H,3-8,17-22,25H2,1-2H3,(H,43,46)(H,44,45);4-7H,1-3H3;3H2,1-2H3;2H,1H3;1H,(H,2,3)/t35?,36-;;;;/m0..../s1. The summed E-state index contributed by atoms with van der Waals surface area (Å²) in [4.78, 5) is 61.5. The van der Waals surface area contributed by atoms with Crippen LogP contribution in [0.2, 0.25) is 0 Å². The largest absolute Gasteiger partial charge is 0.483 e. The molecule has 3 atom stereocenters. The summed E-state index contributed by atoms with van der Waals surface area (Å²) in [7, 11) is 7.13. The van der Waals surface area contributed by atoms with Crippen LogP contribution >= 0.6 is 0 Å². The minimum absolute atomic E-state index is 0.0166. The van der Waals surface area contributed by atoms with Crippen molar-refractivity contribution in [3.63, 3.8) is 0 Å². The number of ether oxygens (including phenoxy) is 1. The predicted molar refractivity (Wildman–Crippen MR) is 267 cm³/mol. The van der Waals surface area contributed by atoms with Crippen molar-refractivity contribution in [1.82, 2.24) is 40.4 Å². The van der Waals surface area contributed by atoms with Gasteiger partial charge in [-0.15, -0.1) is 0 Å². The van der Waals surface area contributed by atoms with Crippen LogP contribution in [0, 0.1) is 5.92 Å². The molecule has 5 aromatic rings. The number of aldehydes is 1. The number of methoxy groups -OCH3 is 1. The Kier molecular flexibility index (Phi) is 19.8. The number of carbonyl (C=O) groups excluding carboxylic acids is 3. The molecule has 0 bridgehead atoms. The fraction of sp³-hybridized carbons (Fsp3) is 0.509. The Labute approximate surface area is 397 Å². The molecule has 2 aliphatic carbocycles. The number of carbonyl (C=O) groups is 4. The highest BCUT2D eigenvalue weighted by Crippen LogP contribution is 2.55. The zero-order valence-electron chi connectivity index (χ0n) is 41.0. The predicted octanol–water partition coefficient (Wildman–Crippen LogP) is 9.03. The summed E-state index contributed by atoms with van der Waals surface area (Å²) in [5.41, 5.74) is 13.1. The first-order valence-corrected chi connectivity index (χ1v) is 24.1. The number of aromatic amines is 2. The number of aromatic nitrogens is 4. The maximum Gasteiger partial charge on any atom is 0.292 e. The highest BCUT2D eigenvalue weighted by Gasteiger charge is 2.43. The van der Waals surface area contributed by atoms with Gasteiger partial charge >= 0.3 is 0 Å². The molecule has 3 aromatic carbocycles. The van der Waals surface area contributed by atoms with E-state index in [1.165, 1.54) is 80.7 Å². The summed E-state index contributed by atoms with van der Waals surface area (Å²) in [6.45, 7) is 10.7. The second-order valence-corrected chi connectivity index (χ2v) is 18.4. The van der Waals surface area contributed by atoms with Crippen LogP contribution in [0.3, 0.4) is 0 Å². The van der Waals surface area contributed by atoms with Crippen molar-refractivity contribution < 1.29 is 29.0 Å². The Morgan fingerprint density at radius 2 is 1.51 bits per heavy atom. The molecule has 2 aliphatic heterocycles. The maximum atomic E-state index is 12.7. The normalized spacial score (nSPS) is 18.4.